The van der Waals surface area contributed by atoms with Crippen LogP contribution in [0.25, 0.3) is 0 Å². The molecule has 0 saturated carbocycles. The Hall–Kier alpha value is -6.33. The van der Waals surface area contributed by atoms with Gasteiger partial charge in [-0.05, 0) is 25.3 Å². The van der Waals surface area contributed by atoms with Gasteiger partial charge in [0.15, 0.2) is 40.6 Å². The van der Waals surface area contributed by atoms with Crippen LogP contribution in [0.4, 0.5) is 4.79 Å². The Balaban J connectivity index is 1.85. The molecule has 1 aliphatic rings. The predicted molar refractivity (Wildman–Crippen MR) is 202 cm³/mol. The highest BCUT2D eigenvalue weighted by molar-refractivity contribution is 5.88. The number of Topliss-reactive ketones (excluding diaryl/α,β-unsaturated/α-hetero) is 1. The Kier molecular flexibility index (Phi) is 14.1. The van der Waals surface area contributed by atoms with Crippen LogP contribution in [0, 0.1) is 0 Å². The second-order valence-corrected chi connectivity index (χ2v) is 15.0. The molecule has 30 nitrogen and oxygen atoms in total. The van der Waals surface area contributed by atoms with Crippen LogP contribution in [0.2, 0.25) is 0 Å². The van der Waals surface area contributed by atoms with E-state index in [0.29, 0.717) is 0 Å². The molecule has 1 heterocycles. The van der Waals surface area contributed by atoms with Crippen molar-refractivity contribution in [1.29, 1.82) is 0 Å². The average molecular weight is 952 g/mol. The van der Waals surface area contributed by atoms with Crippen molar-refractivity contribution < 1.29 is 137 Å². The molecule has 25 N–H and O–H groups in total. The maximum absolute atomic E-state index is 13.7. The Morgan fingerprint density at radius 1 is 0.742 bits per heavy atom. The largest absolute Gasteiger partial charge is 0.504 e. The summed E-state index contributed by atoms with van der Waals surface area (Å²) in [5, 5.41) is 243. The standard InChI is InChI=1S/C36H45N3O27/c1-11(39-30(52)38-29(51)33(56,57)36(39,64)65)28(50)37-13(7-12-5-3-2-4-6-12)8-15(41)31(53,32(54,55)16-19(42)24(47)26(49)25(48)20(16)43)9-14(40)10-66-27-17(34(58,59)60)21(44)23(46)22(45)18(27)35(61,62)63/h2-6,11,13,15,29,41-49,51,53-65H,7-10H2,1H3,(H,37,50)(H,38,52). The third-order valence-electron chi connectivity index (χ3n) is 10.4. The molecule has 3 amide bonds. The van der Waals surface area contributed by atoms with E-state index in [0.717, 1.165) is 6.92 Å². The molecule has 66 heavy (non-hydrogen) atoms. The Labute approximate surface area is 366 Å². The number of hydrogen-bond donors (Lipinski definition) is 25. The van der Waals surface area contributed by atoms with Gasteiger partial charge in [-0.25, -0.2) is 4.79 Å². The van der Waals surface area contributed by atoms with Crippen molar-refractivity contribution in [3.05, 3.63) is 52.6 Å². The van der Waals surface area contributed by atoms with Gasteiger partial charge in [0.1, 0.15) is 35.1 Å². The van der Waals surface area contributed by atoms with Crippen LogP contribution in [-0.2, 0) is 33.7 Å². The fourth-order valence-corrected chi connectivity index (χ4v) is 6.90. The van der Waals surface area contributed by atoms with E-state index in [1.807, 2.05) is 0 Å². The van der Waals surface area contributed by atoms with Gasteiger partial charge in [-0.3, -0.25) is 14.5 Å². The minimum absolute atomic E-state index is 0.230. The van der Waals surface area contributed by atoms with Crippen molar-refractivity contribution in [1.82, 2.24) is 15.5 Å². The van der Waals surface area contributed by atoms with Crippen molar-refractivity contribution in [2.24, 2.45) is 0 Å². The number of urea groups is 1. The van der Waals surface area contributed by atoms with Gasteiger partial charge in [0, 0.05) is 12.5 Å². The van der Waals surface area contributed by atoms with Crippen LogP contribution in [0.15, 0.2) is 30.3 Å². The smallest absolute Gasteiger partial charge is 0.324 e. The molecule has 366 valence electrons. The van der Waals surface area contributed by atoms with Crippen molar-refractivity contribution in [3.8, 4) is 51.7 Å². The van der Waals surface area contributed by atoms with Crippen LogP contribution in [0.1, 0.15) is 42.0 Å². The van der Waals surface area contributed by atoms with Gasteiger partial charge in [0.2, 0.25) is 34.7 Å². The van der Waals surface area contributed by atoms with Gasteiger partial charge in [-0.2, -0.15) is 0 Å². The number of phenols is 8. The first-order valence-corrected chi connectivity index (χ1v) is 18.3. The summed E-state index contributed by atoms with van der Waals surface area (Å²) in [7, 11) is 0. The van der Waals surface area contributed by atoms with E-state index in [4.69, 9.17) is 4.74 Å². The molecule has 0 bridgehead atoms. The zero-order valence-corrected chi connectivity index (χ0v) is 33.4. The van der Waals surface area contributed by atoms with E-state index >= 15 is 0 Å². The number of aliphatic hydroxyl groups is 15. The summed E-state index contributed by atoms with van der Waals surface area (Å²) in [4.78, 5) is 39.8. The number of ketones is 1. The maximum atomic E-state index is 13.7. The molecule has 1 fully saturated rings. The molecule has 5 unspecified atom stereocenters. The molecule has 4 rings (SSSR count). The summed E-state index contributed by atoms with van der Waals surface area (Å²) in [5.74, 6) is -41.7. The van der Waals surface area contributed by atoms with Gasteiger partial charge >= 0.3 is 23.9 Å². The minimum atomic E-state index is -4.61. The predicted octanol–water partition coefficient (Wildman–Crippen LogP) is -8.06. The quantitative estimate of drug-likeness (QED) is 0.0339. The highest BCUT2D eigenvalue weighted by Crippen LogP contribution is 2.57. The lowest BCUT2D eigenvalue weighted by Gasteiger charge is -2.50. The molecule has 3 aromatic rings. The number of aromatic hydroxyl groups is 8. The number of amides is 3. The lowest BCUT2D eigenvalue weighted by atomic mass is 9.75. The topological polar surface area (TPSA) is 553 Å². The van der Waals surface area contributed by atoms with Crippen molar-refractivity contribution >= 4 is 17.7 Å². The third kappa shape index (κ3) is 9.23. The third-order valence-corrected chi connectivity index (χ3v) is 10.4. The number of carbonyl (C=O) groups excluding carboxylic acids is 3. The van der Waals surface area contributed by atoms with Gasteiger partial charge in [0.25, 0.3) is 5.79 Å². The summed E-state index contributed by atoms with van der Waals surface area (Å²) in [5.41, 5.74) is -9.78. The van der Waals surface area contributed by atoms with Crippen LogP contribution in [0.5, 0.6) is 51.7 Å². The molecule has 1 saturated heterocycles. The normalized spacial score (nSPS) is 18.7. The van der Waals surface area contributed by atoms with E-state index in [-0.39, 0.29) is 10.5 Å². The molecule has 1 aliphatic heterocycles. The summed E-state index contributed by atoms with van der Waals surface area (Å²) in [6, 6.07) is 1.51. The first kappa shape index (κ1) is 52.3. The van der Waals surface area contributed by atoms with E-state index < -0.39 is 171 Å². The van der Waals surface area contributed by atoms with Gasteiger partial charge in [-0.15, -0.1) is 0 Å². The summed E-state index contributed by atoms with van der Waals surface area (Å²) >= 11 is 0. The average Bonchev–Trinajstić information content (AvgIpc) is 3.18. The van der Waals surface area contributed by atoms with E-state index in [2.05, 4.69) is 5.32 Å². The molecule has 3 aromatic carbocycles. The lowest BCUT2D eigenvalue weighted by molar-refractivity contribution is -0.437. The van der Waals surface area contributed by atoms with Crippen LogP contribution in [-0.4, -0.2) is 188 Å². The highest BCUT2D eigenvalue weighted by Gasteiger charge is 2.65. The van der Waals surface area contributed by atoms with E-state index in [1.165, 1.54) is 30.3 Å². The fraction of sp³-hybridized carbons (Fsp3) is 0.417. The number of aliphatic hydroxyl groups excluding tert-OH is 2. The monoisotopic (exact) mass is 951 g/mol. The second kappa shape index (κ2) is 17.8. The summed E-state index contributed by atoms with van der Waals surface area (Å²) in [6.07, 6.45) is -9.62. The number of nitrogens with zero attached hydrogens (tertiary/aromatic N) is 1. The van der Waals surface area contributed by atoms with Crippen molar-refractivity contribution in [2.45, 2.75) is 85.6 Å². The number of benzene rings is 3. The van der Waals surface area contributed by atoms with Crippen molar-refractivity contribution in [3.63, 3.8) is 0 Å². The molecule has 0 spiro atoms. The molecule has 5 atom stereocenters. The number of carbonyl (C=O) groups is 3. The summed E-state index contributed by atoms with van der Waals surface area (Å²) < 4.78 is 4.89. The first-order chi connectivity index (χ1) is 30.0. The zero-order chi connectivity index (χ0) is 50.6. The first-order valence-electron chi connectivity index (χ1n) is 18.3. The number of nitrogens with one attached hydrogen (secondary N) is 2. The highest BCUT2D eigenvalue weighted by atomic mass is 16.7. The lowest BCUT2D eigenvalue weighted by Crippen LogP contribution is -2.81. The van der Waals surface area contributed by atoms with Crippen LogP contribution < -0.4 is 15.4 Å². The number of hydrogen-bond acceptors (Lipinski definition) is 27. The molecular weight excluding hydrogens is 906 g/mol. The van der Waals surface area contributed by atoms with Crippen LogP contribution >= 0.6 is 0 Å². The zero-order valence-electron chi connectivity index (χ0n) is 33.4. The molecule has 0 radical (unpaired) electrons. The summed E-state index contributed by atoms with van der Waals surface area (Å²) in [6.45, 7) is -1.11. The van der Waals surface area contributed by atoms with Gasteiger partial charge < -0.3 is 133 Å². The SMILES string of the molecule is CC(C(=O)NC(Cc1ccccc1)CC(O)C(O)(CC(=O)COc1c(C(O)(O)O)c(O)c(O)c(O)c1C(O)(O)O)C(O)(O)c1c(O)c(O)c(O)c(O)c1O)N1C(=O)NC(O)C(O)(O)C1(O)O. The maximum Gasteiger partial charge on any atom is 0.324 e. The number of phenolic OH excluding ortho intramolecular Hbond substituents is 8. The molecule has 30 heteroatoms. The molecule has 0 aromatic heterocycles. The van der Waals surface area contributed by atoms with Gasteiger partial charge in [-0.1, -0.05) is 30.3 Å². The number of rotatable bonds is 17. The second-order valence-electron chi connectivity index (χ2n) is 15.0. The fourth-order valence-electron chi connectivity index (χ4n) is 6.90. The van der Waals surface area contributed by atoms with Gasteiger partial charge in [0.05, 0.1) is 6.10 Å². The van der Waals surface area contributed by atoms with E-state index in [9.17, 15) is 132 Å². The Morgan fingerprint density at radius 2 is 1.18 bits per heavy atom. The van der Waals surface area contributed by atoms with Crippen LogP contribution in [0.3, 0.4) is 0 Å². The molecule has 0 aliphatic carbocycles. The Bertz CT molecular complexity index is 2270. The van der Waals surface area contributed by atoms with Crippen molar-refractivity contribution in [2.75, 3.05) is 6.61 Å². The number of ether oxygens (including phenoxy) is 1. The van der Waals surface area contributed by atoms with E-state index in [1.54, 1.807) is 5.32 Å². The molecular formula is C36H45N3O27. The minimum Gasteiger partial charge on any atom is -0.504 e. The Morgan fingerprint density at radius 3 is 1.65 bits per heavy atom.